The van der Waals surface area contributed by atoms with Crippen LogP contribution in [0.15, 0.2) is 46.2 Å². The summed E-state index contributed by atoms with van der Waals surface area (Å²) in [6.45, 7) is 4.44. The maximum atomic E-state index is 13.0. The van der Waals surface area contributed by atoms with Crippen LogP contribution < -0.4 is 11.2 Å². The van der Waals surface area contributed by atoms with E-state index < -0.39 is 23.8 Å². The van der Waals surface area contributed by atoms with Crippen LogP contribution in [0, 0.1) is 5.92 Å². The van der Waals surface area contributed by atoms with Crippen molar-refractivity contribution >= 4 is 17.1 Å². The number of benzene rings is 1. The minimum absolute atomic E-state index is 0.246. The third-order valence-corrected chi connectivity index (χ3v) is 4.24. The molecule has 27 heavy (non-hydrogen) atoms. The lowest BCUT2D eigenvalue weighted by Crippen LogP contribution is -2.42. The van der Waals surface area contributed by atoms with Crippen LogP contribution in [-0.2, 0) is 29.2 Å². The Kier molecular flexibility index (Phi) is 5.25. The van der Waals surface area contributed by atoms with Gasteiger partial charge >= 0.3 is 11.7 Å². The number of fused-ring (bicyclic) bond motifs is 1. The minimum Gasteiger partial charge on any atom is -0.468 e. The van der Waals surface area contributed by atoms with Crippen molar-refractivity contribution in [2.45, 2.75) is 33.5 Å². The Labute approximate surface area is 155 Å². The van der Waals surface area contributed by atoms with Crippen molar-refractivity contribution in [3.05, 3.63) is 63.1 Å². The molecule has 0 bridgehead atoms. The van der Waals surface area contributed by atoms with Crippen LogP contribution in [0.2, 0.25) is 0 Å². The zero-order chi connectivity index (χ0) is 19.6. The van der Waals surface area contributed by atoms with Crippen molar-refractivity contribution in [3.63, 3.8) is 0 Å². The molecule has 0 amide bonds. The molecule has 0 saturated carbocycles. The number of carbonyl (C=O) groups is 1. The van der Waals surface area contributed by atoms with E-state index in [1.165, 1.54) is 11.7 Å². The summed E-state index contributed by atoms with van der Waals surface area (Å²) < 4.78 is 8.71. The van der Waals surface area contributed by atoms with E-state index in [-0.39, 0.29) is 12.5 Å². The lowest BCUT2D eigenvalue weighted by molar-refractivity contribution is -0.141. The first-order valence-corrected chi connectivity index (χ1v) is 8.71. The Morgan fingerprint density at radius 3 is 2.48 bits per heavy atom. The molecule has 3 aromatic rings. The molecule has 0 atom stereocenters. The molecule has 2 heterocycles. The fourth-order valence-electron chi connectivity index (χ4n) is 3.01. The van der Waals surface area contributed by atoms with Crippen LogP contribution in [-0.4, -0.2) is 31.8 Å². The molecule has 0 N–H and O–H groups in total. The normalized spacial score (nSPS) is 11.3. The van der Waals surface area contributed by atoms with Crippen molar-refractivity contribution in [1.29, 1.82) is 0 Å². The van der Waals surface area contributed by atoms with Gasteiger partial charge in [0.15, 0.2) is 11.2 Å². The van der Waals surface area contributed by atoms with Crippen molar-refractivity contribution in [2.24, 2.45) is 5.92 Å². The van der Waals surface area contributed by atoms with Crippen LogP contribution >= 0.6 is 0 Å². The smallest absolute Gasteiger partial charge is 0.333 e. The van der Waals surface area contributed by atoms with Crippen LogP contribution in [0.3, 0.4) is 0 Å². The monoisotopic (exact) mass is 370 g/mol. The number of hydrogen-bond acceptors (Lipinski definition) is 5. The van der Waals surface area contributed by atoms with E-state index in [4.69, 9.17) is 0 Å². The number of aromatic nitrogens is 4. The quantitative estimate of drug-likeness (QED) is 0.609. The molecule has 3 rings (SSSR count). The highest BCUT2D eigenvalue weighted by atomic mass is 16.5. The lowest BCUT2D eigenvalue weighted by atomic mass is 10.2. The number of hydrogen-bond donors (Lipinski definition) is 0. The first kappa shape index (κ1) is 18.6. The minimum atomic E-state index is -0.658. The highest BCUT2D eigenvalue weighted by Gasteiger charge is 2.20. The van der Waals surface area contributed by atoms with Gasteiger partial charge in [-0.15, -0.1) is 0 Å². The molecule has 0 unspecified atom stereocenters. The molecule has 0 aliphatic rings. The summed E-state index contributed by atoms with van der Waals surface area (Å²) in [6.07, 6.45) is 1.56. The van der Waals surface area contributed by atoms with Gasteiger partial charge in [-0.3, -0.25) is 14.2 Å². The molecular weight excluding hydrogens is 348 g/mol. The van der Waals surface area contributed by atoms with Crippen LogP contribution in [0.4, 0.5) is 0 Å². The summed E-state index contributed by atoms with van der Waals surface area (Å²) in [7, 11) is 1.22. The molecule has 0 radical (unpaired) electrons. The van der Waals surface area contributed by atoms with E-state index in [2.05, 4.69) is 9.72 Å². The molecule has 0 saturated heterocycles. The van der Waals surface area contributed by atoms with Gasteiger partial charge in [0.05, 0.1) is 20.0 Å². The zero-order valence-corrected chi connectivity index (χ0v) is 15.6. The summed E-state index contributed by atoms with van der Waals surface area (Å²) in [5.74, 6) is -0.375. The second kappa shape index (κ2) is 7.61. The SMILES string of the molecule is COC(=O)Cn1c(=O)c2c(ncn2CC(C)C)n(Cc2ccccc2)c1=O. The van der Waals surface area contributed by atoms with Gasteiger partial charge in [0, 0.05) is 6.54 Å². The van der Waals surface area contributed by atoms with Gasteiger partial charge in [-0.05, 0) is 11.5 Å². The summed E-state index contributed by atoms with van der Waals surface area (Å²) in [4.78, 5) is 42.0. The van der Waals surface area contributed by atoms with E-state index in [9.17, 15) is 14.4 Å². The van der Waals surface area contributed by atoms with E-state index in [0.717, 1.165) is 10.1 Å². The molecule has 1 aromatic carbocycles. The van der Waals surface area contributed by atoms with E-state index in [1.807, 2.05) is 44.2 Å². The fraction of sp³-hybridized carbons (Fsp3) is 0.368. The summed E-state index contributed by atoms with van der Waals surface area (Å²) >= 11 is 0. The highest BCUT2D eigenvalue weighted by Crippen LogP contribution is 2.11. The number of ether oxygens (including phenoxy) is 1. The van der Waals surface area contributed by atoms with Crippen molar-refractivity contribution in [2.75, 3.05) is 7.11 Å². The Bertz CT molecular complexity index is 1080. The first-order chi connectivity index (χ1) is 12.9. The number of imidazole rings is 1. The van der Waals surface area contributed by atoms with Crippen molar-refractivity contribution in [3.8, 4) is 0 Å². The van der Waals surface area contributed by atoms with Gasteiger partial charge in [0.2, 0.25) is 0 Å². The second-order valence-corrected chi connectivity index (χ2v) is 6.78. The van der Waals surface area contributed by atoms with Gasteiger partial charge in [0.1, 0.15) is 6.54 Å². The Morgan fingerprint density at radius 1 is 1.15 bits per heavy atom. The second-order valence-electron chi connectivity index (χ2n) is 6.78. The predicted molar refractivity (Wildman–Crippen MR) is 101 cm³/mol. The third kappa shape index (κ3) is 3.69. The van der Waals surface area contributed by atoms with Gasteiger partial charge in [-0.1, -0.05) is 44.2 Å². The van der Waals surface area contributed by atoms with E-state index in [1.54, 1.807) is 10.9 Å². The maximum Gasteiger partial charge on any atom is 0.333 e. The summed E-state index contributed by atoms with van der Waals surface area (Å²) in [5.41, 5.74) is 0.390. The number of esters is 1. The first-order valence-electron chi connectivity index (χ1n) is 8.71. The van der Waals surface area contributed by atoms with Crippen LogP contribution in [0.5, 0.6) is 0 Å². The van der Waals surface area contributed by atoms with Gasteiger partial charge in [-0.25, -0.2) is 14.3 Å². The average molecular weight is 370 g/mol. The van der Waals surface area contributed by atoms with Crippen LogP contribution in [0.1, 0.15) is 19.4 Å². The average Bonchev–Trinajstić information content (AvgIpc) is 3.05. The predicted octanol–water partition coefficient (Wildman–Crippen LogP) is 1.24. The molecule has 8 nitrogen and oxygen atoms in total. The highest BCUT2D eigenvalue weighted by molar-refractivity contribution is 5.72. The molecule has 0 spiro atoms. The van der Waals surface area contributed by atoms with Gasteiger partial charge < -0.3 is 9.30 Å². The lowest BCUT2D eigenvalue weighted by Gasteiger charge is -2.13. The zero-order valence-electron chi connectivity index (χ0n) is 15.6. The van der Waals surface area contributed by atoms with E-state index >= 15 is 0 Å². The van der Waals surface area contributed by atoms with Crippen LogP contribution in [0.25, 0.3) is 11.2 Å². The largest absolute Gasteiger partial charge is 0.468 e. The van der Waals surface area contributed by atoms with Crippen molar-refractivity contribution < 1.29 is 9.53 Å². The standard InChI is InChI=1S/C19H22N4O4/c1-13(2)9-21-12-20-17-16(21)18(25)23(11-15(24)27-3)19(26)22(17)10-14-7-5-4-6-8-14/h4-8,12-13H,9-11H2,1-3H3. The number of carbonyl (C=O) groups excluding carboxylic acids is 1. The Hall–Kier alpha value is -3.16. The maximum absolute atomic E-state index is 13.0. The molecule has 0 aliphatic heterocycles. The molecule has 0 aliphatic carbocycles. The molecular formula is C19H22N4O4. The molecule has 142 valence electrons. The third-order valence-electron chi connectivity index (χ3n) is 4.24. The van der Waals surface area contributed by atoms with Gasteiger partial charge in [0.25, 0.3) is 5.56 Å². The topological polar surface area (TPSA) is 88.1 Å². The molecule has 0 fully saturated rings. The van der Waals surface area contributed by atoms with Crippen molar-refractivity contribution in [1.82, 2.24) is 18.7 Å². The number of nitrogens with zero attached hydrogens (tertiary/aromatic N) is 4. The summed E-state index contributed by atoms with van der Waals surface area (Å²) in [6, 6.07) is 9.41. The Morgan fingerprint density at radius 2 is 1.85 bits per heavy atom. The molecule has 8 heteroatoms. The fourth-order valence-corrected chi connectivity index (χ4v) is 3.01. The molecule has 2 aromatic heterocycles. The number of rotatable bonds is 6. The Balaban J connectivity index is 2.26. The summed E-state index contributed by atoms with van der Waals surface area (Å²) in [5, 5.41) is 0. The van der Waals surface area contributed by atoms with Gasteiger partial charge in [-0.2, -0.15) is 0 Å². The van der Waals surface area contributed by atoms with E-state index in [0.29, 0.717) is 17.7 Å². The number of methoxy groups -OCH3 is 1.